The third kappa shape index (κ3) is 19.3. The number of rotatable bonds is 11. The molecule has 22 nitrogen and oxygen atoms in total. The largest absolute Gasteiger partial charge is 0.497 e. The number of aromatic amines is 2. The standard InChI is InChI=1S/C70H86F2N12O10S2/c1-42-62(86)81-58(34-46-38-75-53-23-19-48(71)36-51(46)53)67(91)82-59(35-47-39-76-54-24-20-49(72)37-52(47)54)66(90)80-56-14-6-4-5-7-15-57(79-64(56)88)65(89)83-60(33-43-17-21-50(94-3)22-18-43)68(92)84-29-11-26-70(84,2)69(93)74-28-31-96-41-45-13-10-12-44(32-45)40-95-30-25-61(85)78-55(63(87)77-42)16-8-9-27-73/h4-5,10,12-13,17-24,32,36-39,42,55-60,75-76H,6-9,11,14-16,25-31,33-35,40-41,73H2,1-3H3,(H,74,93)(H,77,87)(H,78,85)(H,79,88)(H,80,90)(H,81,86)(H,82,91)(H,83,89)/b5-4+/t42-,55+,56+,57+,58+,59+,60+,70+/m1/s1. The van der Waals surface area contributed by atoms with Crippen LogP contribution in [0.3, 0.4) is 0 Å². The summed E-state index contributed by atoms with van der Waals surface area (Å²) in [5, 5.41) is 23.5. The van der Waals surface area contributed by atoms with Crippen LogP contribution in [0, 0.1) is 11.6 Å². The third-order valence-corrected chi connectivity index (χ3v) is 19.8. The summed E-state index contributed by atoms with van der Waals surface area (Å²) in [6.45, 7) is 4.05. The van der Waals surface area contributed by atoms with E-state index in [1.54, 1.807) is 67.1 Å². The number of H-pyrrole nitrogens is 2. The van der Waals surface area contributed by atoms with E-state index in [-0.39, 0.29) is 63.3 Å². The Labute approximate surface area is 565 Å². The van der Waals surface area contributed by atoms with Crippen molar-refractivity contribution in [3.8, 4) is 5.75 Å². The average molecular weight is 1360 g/mol. The predicted octanol–water partition coefficient (Wildman–Crippen LogP) is 5.70. The normalized spacial score (nSPS) is 24.5. The summed E-state index contributed by atoms with van der Waals surface area (Å²) in [7, 11) is 1.53. The number of ether oxygens (including phenoxy) is 1. The molecule has 1 fully saturated rings. The molecule has 5 heterocycles. The van der Waals surface area contributed by atoms with E-state index in [4.69, 9.17) is 10.5 Å². The Morgan fingerprint density at radius 1 is 0.615 bits per heavy atom. The van der Waals surface area contributed by atoms with E-state index >= 15 is 14.4 Å². The predicted molar refractivity (Wildman–Crippen MR) is 366 cm³/mol. The zero-order chi connectivity index (χ0) is 68.3. The molecule has 9 amide bonds. The van der Waals surface area contributed by atoms with Crippen molar-refractivity contribution in [3.63, 3.8) is 0 Å². The van der Waals surface area contributed by atoms with E-state index in [1.807, 2.05) is 30.4 Å². The van der Waals surface area contributed by atoms with Gasteiger partial charge in [0, 0.05) is 96.0 Å². The van der Waals surface area contributed by atoms with Gasteiger partial charge in [0.05, 0.1) is 7.11 Å². The van der Waals surface area contributed by atoms with Crippen molar-refractivity contribution in [2.45, 2.75) is 157 Å². The first-order valence-corrected chi connectivity index (χ1v) is 35.0. The van der Waals surface area contributed by atoms with Gasteiger partial charge in [-0.25, -0.2) is 8.78 Å². The van der Waals surface area contributed by atoms with Gasteiger partial charge in [-0.3, -0.25) is 43.2 Å². The van der Waals surface area contributed by atoms with Crippen LogP contribution in [0.5, 0.6) is 5.75 Å². The van der Waals surface area contributed by atoms with Gasteiger partial charge in [-0.05, 0) is 155 Å². The molecule has 9 rings (SSSR count). The molecular weight excluding hydrogens is 1270 g/mol. The molecule has 1 saturated heterocycles. The molecular formula is C70H86F2N12O10S2. The van der Waals surface area contributed by atoms with E-state index in [2.05, 4.69) is 58.6 Å². The van der Waals surface area contributed by atoms with Gasteiger partial charge in [-0.15, -0.1) is 0 Å². The number of thioether (sulfide) groups is 2. The number of hydrogen-bond donors (Lipinski definition) is 11. The maximum Gasteiger partial charge on any atom is 0.246 e. The number of nitrogens with two attached hydrogens (primary N) is 1. The maximum atomic E-state index is 15.1. The molecule has 0 spiro atoms. The van der Waals surface area contributed by atoms with E-state index in [9.17, 15) is 37.5 Å². The minimum atomic E-state index is -1.54. The molecule has 0 saturated carbocycles. The van der Waals surface area contributed by atoms with Crippen LogP contribution in [0.1, 0.15) is 106 Å². The molecule has 8 atom stereocenters. The maximum absolute atomic E-state index is 15.1. The summed E-state index contributed by atoms with van der Waals surface area (Å²) in [5.41, 5.74) is 9.19. The fourth-order valence-electron chi connectivity index (χ4n) is 12.3. The molecule has 512 valence electrons. The average Bonchev–Trinajstić information content (AvgIpc) is 1.58. The number of amides is 9. The molecule has 26 heteroatoms. The first-order chi connectivity index (χ1) is 46.3. The number of fused-ring (bicyclic) bond motifs is 8. The smallest absolute Gasteiger partial charge is 0.246 e. The van der Waals surface area contributed by atoms with Crippen molar-refractivity contribution in [1.29, 1.82) is 0 Å². The molecule has 4 aromatic carbocycles. The van der Waals surface area contributed by atoms with Crippen LogP contribution in [0.4, 0.5) is 8.78 Å². The van der Waals surface area contributed by atoms with Crippen molar-refractivity contribution in [2.75, 3.05) is 38.2 Å². The van der Waals surface area contributed by atoms with Gasteiger partial charge in [0.2, 0.25) is 53.2 Å². The Morgan fingerprint density at radius 2 is 1.18 bits per heavy atom. The lowest BCUT2D eigenvalue weighted by Gasteiger charge is -2.36. The molecule has 12 N–H and O–H groups in total. The highest BCUT2D eigenvalue weighted by Gasteiger charge is 2.48. The summed E-state index contributed by atoms with van der Waals surface area (Å²) in [5.74, 6) is -4.19. The number of halogens is 2. The molecule has 3 aliphatic heterocycles. The van der Waals surface area contributed by atoms with Crippen LogP contribution in [0.15, 0.2) is 109 Å². The number of aromatic nitrogens is 2. The highest BCUT2D eigenvalue weighted by molar-refractivity contribution is 7.98. The summed E-state index contributed by atoms with van der Waals surface area (Å²) in [6.07, 6.45) is 9.26. The lowest BCUT2D eigenvalue weighted by Crippen LogP contribution is -2.62. The minimum absolute atomic E-state index is 0.0166. The van der Waals surface area contributed by atoms with Crippen LogP contribution < -0.4 is 53.0 Å². The van der Waals surface area contributed by atoms with Crippen LogP contribution in [-0.4, -0.2) is 154 Å². The van der Waals surface area contributed by atoms with Crippen LogP contribution >= 0.6 is 23.5 Å². The van der Waals surface area contributed by atoms with Crippen LogP contribution in [0.25, 0.3) is 21.8 Å². The first kappa shape index (κ1) is 71.5. The van der Waals surface area contributed by atoms with Crippen molar-refractivity contribution in [3.05, 3.63) is 149 Å². The van der Waals surface area contributed by atoms with E-state index in [1.165, 1.54) is 55.3 Å². The van der Waals surface area contributed by atoms with Crippen LogP contribution in [-0.2, 0) is 73.9 Å². The molecule has 3 aliphatic rings. The van der Waals surface area contributed by atoms with Crippen molar-refractivity contribution in [1.82, 2.24) is 57.4 Å². The lowest BCUT2D eigenvalue weighted by molar-refractivity contribution is -0.146. The monoisotopic (exact) mass is 1360 g/mol. The zero-order valence-corrected chi connectivity index (χ0v) is 55.9. The van der Waals surface area contributed by atoms with Gasteiger partial charge < -0.3 is 67.9 Å². The summed E-state index contributed by atoms with van der Waals surface area (Å²) >= 11 is 3.19. The number of nitrogens with one attached hydrogen (secondary N) is 10. The number of nitrogens with zero attached hydrogens (tertiary/aromatic N) is 1. The quantitative estimate of drug-likeness (QED) is 0.0548. The first-order valence-electron chi connectivity index (χ1n) is 32.7. The molecule has 0 aliphatic carbocycles. The Kier molecular flexibility index (Phi) is 25.5. The number of hydrogen-bond acceptors (Lipinski definition) is 13. The van der Waals surface area contributed by atoms with Gasteiger partial charge in [0.25, 0.3) is 0 Å². The van der Waals surface area contributed by atoms with E-state index in [0.717, 1.165) is 11.1 Å². The summed E-state index contributed by atoms with van der Waals surface area (Å²) in [6, 6.07) is 14.0. The fourth-order valence-corrected chi connectivity index (χ4v) is 14.0. The van der Waals surface area contributed by atoms with Gasteiger partial charge >= 0.3 is 0 Å². The minimum Gasteiger partial charge on any atom is -0.497 e. The van der Waals surface area contributed by atoms with Gasteiger partial charge in [0.15, 0.2) is 0 Å². The Hall–Kier alpha value is -8.75. The zero-order valence-electron chi connectivity index (χ0n) is 54.3. The second-order valence-corrected chi connectivity index (χ2v) is 27.0. The van der Waals surface area contributed by atoms with Crippen LogP contribution in [0.2, 0.25) is 0 Å². The highest BCUT2D eigenvalue weighted by Crippen LogP contribution is 2.31. The summed E-state index contributed by atoms with van der Waals surface area (Å²) < 4.78 is 35.2. The number of allylic oxidation sites excluding steroid dienone is 2. The SMILES string of the molecule is COc1ccc(C[C@@H]2NC(=O)[C@@H]3CC/C=C/CC[C@H](NC(=O)[C@H](Cc4c[nH]c5ccc(F)cc45)NC(=O)[C@H](Cc4c[nH]c5ccc(F)cc45)NC(=O)[C@@H](C)NC(=O)[C@H](CCCCN)NC(=O)CCSCc4cccc(c4)CSCCNC(=O)[C@]4(C)CCCN4C2=O)C(=O)N3)cc1. The Morgan fingerprint density at radius 3 is 1.79 bits per heavy atom. The molecule has 6 aromatic rings. The number of methoxy groups -OCH3 is 1. The van der Waals surface area contributed by atoms with Gasteiger partial charge in [0.1, 0.15) is 65.2 Å². The van der Waals surface area contributed by atoms with Crippen molar-refractivity contribution in [2.24, 2.45) is 5.73 Å². The summed E-state index contributed by atoms with van der Waals surface area (Å²) in [4.78, 5) is 139. The number of unbranched alkanes of at least 4 members (excludes halogenated alkanes) is 1. The lowest BCUT2D eigenvalue weighted by atomic mass is 9.95. The van der Waals surface area contributed by atoms with Gasteiger partial charge in [-0.2, -0.15) is 23.5 Å². The highest BCUT2D eigenvalue weighted by atomic mass is 32.2. The second-order valence-electron chi connectivity index (χ2n) is 24.8. The molecule has 96 heavy (non-hydrogen) atoms. The topological polar surface area (TPSA) is 320 Å². The molecule has 4 bridgehead atoms. The third-order valence-electron chi connectivity index (χ3n) is 17.7. The number of carbonyl (C=O) groups excluding carboxylic acids is 9. The number of carbonyl (C=O) groups is 9. The Balaban J connectivity index is 1.03. The molecule has 0 unspecified atom stereocenters. The fraction of sp³-hybridized carbons (Fsp3) is 0.443. The van der Waals surface area contributed by atoms with Crippen molar-refractivity contribution < 1.29 is 56.7 Å². The number of benzene rings is 4. The molecule has 2 aromatic heterocycles. The second kappa shape index (κ2) is 34.3. The van der Waals surface area contributed by atoms with Crippen molar-refractivity contribution >= 4 is 98.5 Å². The van der Waals surface area contributed by atoms with Gasteiger partial charge in [-0.1, -0.05) is 48.6 Å². The Bertz CT molecular complexity index is 3790. The molecule has 0 radical (unpaired) electrons. The van der Waals surface area contributed by atoms with E-state index in [0.29, 0.717) is 119 Å². The van der Waals surface area contributed by atoms with E-state index < -0.39 is 101 Å².